The summed E-state index contributed by atoms with van der Waals surface area (Å²) in [5.74, 6) is -0.283. The van der Waals surface area contributed by atoms with Gasteiger partial charge in [-0.25, -0.2) is 4.79 Å². The number of carbonyl (C=O) groups excluding carboxylic acids is 1. The van der Waals surface area contributed by atoms with Gasteiger partial charge in [0, 0.05) is 12.1 Å². The standard InChI is InChI=1S/C7H7NO3/c1-2-3-7(9)11-6-4-5-10-8-6/h2-5H,1H3. The van der Waals surface area contributed by atoms with Crippen molar-refractivity contribution >= 4 is 5.97 Å². The fourth-order valence-electron chi connectivity index (χ4n) is 0.527. The van der Waals surface area contributed by atoms with Crippen LogP contribution in [0.15, 0.2) is 29.0 Å². The first-order valence-electron chi connectivity index (χ1n) is 3.08. The van der Waals surface area contributed by atoms with Crippen LogP contribution in [0.1, 0.15) is 6.92 Å². The molecule has 4 nitrogen and oxygen atoms in total. The Labute approximate surface area is 63.4 Å². The Hall–Kier alpha value is -1.58. The summed E-state index contributed by atoms with van der Waals surface area (Å²) < 4.78 is 9.11. The number of nitrogens with zero attached hydrogens (tertiary/aromatic N) is 1. The number of rotatable bonds is 2. The highest BCUT2D eigenvalue weighted by Crippen LogP contribution is 2.04. The van der Waals surface area contributed by atoms with Crippen LogP contribution in [0.5, 0.6) is 5.88 Å². The lowest BCUT2D eigenvalue weighted by Gasteiger charge is -1.91. The minimum atomic E-state index is -0.457. The van der Waals surface area contributed by atoms with Gasteiger partial charge < -0.3 is 9.26 Å². The minimum absolute atomic E-state index is 0.174. The van der Waals surface area contributed by atoms with Crippen LogP contribution in [0.3, 0.4) is 0 Å². The van der Waals surface area contributed by atoms with Crippen molar-refractivity contribution in [3.63, 3.8) is 0 Å². The SMILES string of the molecule is CC=CC(=O)Oc1ccon1. The van der Waals surface area contributed by atoms with Gasteiger partial charge in [0.25, 0.3) is 5.88 Å². The van der Waals surface area contributed by atoms with Crippen LogP contribution in [0, 0.1) is 0 Å². The summed E-state index contributed by atoms with van der Waals surface area (Å²) in [6.07, 6.45) is 4.22. The van der Waals surface area contributed by atoms with Crippen molar-refractivity contribution in [2.75, 3.05) is 0 Å². The average molecular weight is 153 g/mol. The lowest BCUT2D eigenvalue weighted by molar-refractivity contribution is -0.129. The molecule has 0 atom stereocenters. The van der Waals surface area contributed by atoms with Crippen LogP contribution in [0.25, 0.3) is 0 Å². The van der Waals surface area contributed by atoms with Crippen molar-refractivity contribution in [3.05, 3.63) is 24.5 Å². The third-order valence-corrected chi connectivity index (χ3v) is 0.922. The molecule has 0 unspecified atom stereocenters. The third kappa shape index (κ3) is 2.25. The molecule has 0 aliphatic heterocycles. The van der Waals surface area contributed by atoms with Gasteiger partial charge in [-0.3, -0.25) is 0 Å². The van der Waals surface area contributed by atoms with Crippen molar-refractivity contribution < 1.29 is 14.1 Å². The topological polar surface area (TPSA) is 52.3 Å². The Morgan fingerprint density at radius 2 is 2.64 bits per heavy atom. The number of carbonyl (C=O) groups is 1. The maximum Gasteiger partial charge on any atom is 0.337 e. The molecular weight excluding hydrogens is 146 g/mol. The molecule has 1 aromatic rings. The van der Waals surface area contributed by atoms with E-state index in [0.717, 1.165) is 0 Å². The number of allylic oxidation sites excluding steroid dienone is 1. The molecule has 0 fully saturated rings. The first kappa shape index (κ1) is 7.53. The molecule has 11 heavy (non-hydrogen) atoms. The summed E-state index contributed by atoms with van der Waals surface area (Å²) >= 11 is 0. The highest BCUT2D eigenvalue weighted by molar-refractivity contribution is 5.83. The monoisotopic (exact) mass is 153 g/mol. The average Bonchev–Trinajstić information content (AvgIpc) is 2.40. The summed E-state index contributed by atoms with van der Waals surface area (Å²) in [6.45, 7) is 1.73. The Kier molecular flexibility index (Phi) is 2.43. The second kappa shape index (κ2) is 3.55. The molecule has 1 rings (SSSR count). The molecule has 58 valence electrons. The van der Waals surface area contributed by atoms with Crippen LogP contribution < -0.4 is 4.74 Å². The predicted octanol–water partition coefficient (Wildman–Crippen LogP) is 1.16. The van der Waals surface area contributed by atoms with Crippen LogP contribution in [0.2, 0.25) is 0 Å². The molecule has 0 aliphatic carbocycles. The second-order valence-corrected chi connectivity index (χ2v) is 1.76. The largest absolute Gasteiger partial charge is 0.401 e. The van der Waals surface area contributed by atoms with Crippen molar-refractivity contribution in [2.24, 2.45) is 0 Å². The Morgan fingerprint density at radius 3 is 3.18 bits per heavy atom. The van der Waals surface area contributed by atoms with E-state index in [0.29, 0.717) is 0 Å². The van der Waals surface area contributed by atoms with Crippen molar-refractivity contribution in [1.82, 2.24) is 5.16 Å². The highest BCUT2D eigenvalue weighted by atomic mass is 16.6. The Balaban J connectivity index is 2.50. The zero-order chi connectivity index (χ0) is 8.10. The summed E-state index contributed by atoms with van der Waals surface area (Å²) in [7, 11) is 0. The van der Waals surface area contributed by atoms with Gasteiger partial charge in [0.2, 0.25) is 0 Å². The minimum Gasteiger partial charge on any atom is -0.401 e. The molecule has 0 N–H and O–H groups in total. The molecule has 0 aromatic carbocycles. The molecule has 4 heteroatoms. The third-order valence-electron chi connectivity index (χ3n) is 0.922. The number of ether oxygens (including phenoxy) is 1. The van der Waals surface area contributed by atoms with E-state index in [2.05, 4.69) is 14.4 Å². The molecule has 0 bridgehead atoms. The van der Waals surface area contributed by atoms with Gasteiger partial charge in [0.15, 0.2) is 0 Å². The molecule has 0 saturated heterocycles. The molecule has 0 spiro atoms. The van der Waals surface area contributed by atoms with Crippen LogP contribution in [-0.4, -0.2) is 11.1 Å². The Morgan fingerprint density at radius 1 is 1.82 bits per heavy atom. The van der Waals surface area contributed by atoms with E-state index in [1.807, 2.05) is 0 Å². The molecule has 0 saturated carbocycles. The second-order valence-electron chi connectivity index (χ2n) is 1.76. The number of aromatic nitrogens is 1. The maximum absolute atomic E-state index is 10.7. The van der Waals surface area contributed by atoms with E-state index in [4.69, 9.17) is 0 Å². The van der Waals surface area contributed by atoms with Gasteiger partial charge >= 0.3 is 5.97 Å². The van der Waals surface area contributed by atoms with Crippen molar-refractivity contribution in [3.8, 4) is 5.88 Å². The molecule has 0 radical (unpaired) electrons. The smallest absolute Gasteiger partial charge is 0.337 e. The van der Waals surface area contributed by atoms with E-state index in [9.17, 15) is 4.79 Å². The number of hydrogen-bond acceptors (Lipinski definition) is 4. The van der Waals surface area contributed by atoms with Gasteiger partial charge in [-0.05, 0) is 12.1 Å². The molecular formula is C7H7NO3. The van der Waals surface area contributed by atoms with E-state index in [1.165, 1.54) is 18.4 Å². The molecule has 0 aliphatic rings. The van der Waals surface area contributed by atoms with Crippen molar-refractivity contribution in [1.29, 1.82) is 0 Å². The molecule has 1 heterocycles. The quantitative estimate of drug-likeness (QED) is 0.472. The van der Waals surface area contributed by atoms with Crippen LogP contribution >= 0.6 is 0 Å². The number of hydrogen-bond donors (Lipinski definition) is 0. The zero-order valence-corrected chi connectivity index (χ0v) is 5.98. The van der Waals surface area contributed by atoms with Gasteiger partial charge in [-0.1, -0.05) is 6.08 Å². The van der Waals surface area contributed by atoms with Gasteiger partial charge in [0.1, 0.15) is 6.26 Å². The van der Waals surface area contributed by atoms with Gasteiger partial charge in [-0.15, -0.1) is 0 Å². The number of esters is 1. The lowest BCUT2D eigenvalue weighted by Crippen LogP contribution is -2.03. The van der Waals surface area contributed by atoms with Gasteiger partial charge in [-0.2, -0.15) is 0 Å². The summed E-state index contributed by atoms with van der Waals surface area (Å²) in [6, 6.07) is 1.46. The van der Waals surface area contributed by atoms with E-state index in [1.54, 1.807) is 13.0 Å². The molecule has 1 aromatic heterocycles. The Bertz CT molecular complexity index is 251. The zero-order valence-electron chi connectivity index (χ0n) is 5.98. The fourth-order valence-corrected chi connectivity index (χ4v) is 0.527. The summed E-state index contributed by atoms with van der Waals surface area (Å²) in [5, 5.41) is 3.39. The first-order chi connectivity index (χ1) is 5.33. The van der Waals surface area contributed by atoms with E-state index < -0.39 is 5.97 Å². The summed E-state index contributed by atoms with van der Waals surface area (Å²) in [4.78, 5) is 10.7. The lowest BCUT2D eigenvalue weighted by atomic mass is 10.5. The van der Waals surface area contributed by atoms with Crippen molar-refractivity contribution in [2.45, 2.75) is 6.92 Å². The highest BCUT2D eigenvalue weighted by Gasteiger charge is 2.00. The maximum atomic E-state index is 10.7. The molecule has 0 amide bonds. The van der Waals surface area contributed by atoms with Crippen LogP contribution in [-0.2, 0) is 4.79 Å². The predicted molar refractivity (Wildman–Crippen MR) is 37.0 cm³/mol. The van der Waals surface area contributed by atoms with Crippen LogP contribution in [0.4, 0.5) is 0 Å². The normalized spacial score (nSPS) is 10.3. The fraction of sp³-hybridized carbons (Fsp3) is 0.143. The van der Waals surface area contributed by atoms with E-state index in [-0.39, 0.29) is 5.88 Å². The van der Waals surface area contributed by atoms with E-state index >= 15 is 0 Å². The summed E-state index contributed by atoms with van der Waals surface area (Å²) in [5.41, 5.74) is 0. The first-order valence-corrected chi connectivity index (χ1v) is 3.08. The van der Waals surface area contributed by atoms with Gasteiger partial charge in [0.05, 0.1) is 0 Å².